The van der Waals surface area contributed by atoms with Crippen LogP contribution in [0.15, 0.2) is 0 Å². The number of likely N-dealkylation sites (N-methyl/N-ethyl adjacent to an activating group) is 1. The van der Waals surface area contributed by atoms with Crippen molar-refractivity contribution in [1.29, 1.82) is 0 Å². The lowest BCUT2D eigenvalue weighted by molar-refractivity contribution is -0.174. The van der Waals surface area contributed by atoms with Crippen LogP contribution in [0.25, 0.3) is 0 Å². The number of nitrogens with one attached hydrogen (secondary N) is 1. The lowest BCUT2D eigenvalue weighted by atomic mass is 9.43. The van der Waals surface area contributed by atoms with Gasteiger partial charge in [0.05, 0.1) is 18.8 Å². The lowest BCUT2D eigenvalue weighted by Crippen LogP contribution is -2.58. The van der Waals surface area contributed by atoms with Crippen molar-refractivity contribution in [2.45, 2.75) is 97.2 Å². The van der Waals surface area contributed by atoms with Gasteiger partial charge in [-0.15, -0.1) is 0 Å². The van der Waals surface area contributed by atoms with E-state index in [1.54, 1.807) is 7.05 Å². The van der Waals surface area contributed by atoms with E-state index in [9.17, 15) is 19.8 Å². The van der Waals surface area contributed by atoms with Crippen molar-refractivity contribution in [3.63, 3.8) is 0 Å². The summed E-state index contributed by atoms with van der Waals surface area (Å²) >= 11 is 0. The number of aliphatic hydroxyl groups excluding tert-OH is 2. The molecule has 4 aliphatic rings. The van der Waals surface area contributed by atoms with Gasteiger partial charge in [-0.1, -0.05) is 20.8 Å². The molecule has 0 amide bonds. The highest BCUT2D eigenvalue weighted by Gasteiger charge is 2.62. The number of ether oxygens (including phenoxy) is 1. The molecule has 4 aliphatic carbocycles. The van der Waals surface area contributed by atoms with Crippen LogP contribution >= 0.6 is 0 Å². The predicted molar refractivity (Wildman–Crippen MR) is 126 cm³/mol. The number of hydrogen-bond donors (Lipinski definition) is 3. The van der Waals surface area contributed by atoms with Crippen LogP contribution in [0.2, 0.25) is 0 Å². The SMILES string of the molecule is CNCC(=O)OC(=O)CC[C@@H](C)[C@H]1CC[C@H]2[C@@H]3[C@@H](O)CC4C[C@@H](O)CC[C@]4(C)[C@H]3CC[C@]12C. The van der Waals surface area contributed by atoms with Gasteiger partial charge in [0.2, 0.25) is 0 Å². The highest BCUT2D eigenvalue weighted by molar-refractivity contribution is 5.86. The minimum Gasteiger partial charge on any atom is -0.393 e. The van der Waals surface area contributed by atoms with Crippen molar-refractivity contribution in [2.75, 3.05) is 13.6 Å². The zero-order chi connectivity index (χ0) is 24.0. The quantitative estimate of drug-likeness (QED) is 0.411. The maximum atomic E-state index is 12.1. The number of fused-ring (bicyclic) bond motifs is 5. The van der Waals surface area contributed by atoms with E-state index in [-0.39, 0.29) is 36.0 Å². The fourth-order valence-corrected chi connectivity index (χ4v) is 9.08. The van der Waals surface area contributed by atoms with Crippen LogP contribution < -0.4 is 5.32 Å². The monoisotopic (exact) mass is 463 g/mol. The number of carbonyl (C=O) groups excluding carboxylic acids is 2. The molecular formula is C27H45NO5. The van der Waals surface area contributed by atoms with E-state index < -0.39 is 11.9 Å². The first-order chi connectivity index (χ1) is 15.6. The molecule has 0 spiro atoms. The Kier molecular flexibility index (Phi) is 7.29. The Morgan fingerprint density at radius 2 is 1.70 bits per heavy atom. The minimum atomic E-state index is -0.519. The molecule has 0 radical (unpaired) electrons. The zero-order valence-corrected chi connectivity index (χ0v) is 21.0. The van der Waals surface area contributed by atoms with Gasteiger partial charge in [0.15, 0.2) is 0 Å². The molecule has 4 fully saturated rings. The molecule has 0 aliphatic heterocycles. The fourth-order valence-electron chi connectivity index (χ4n) is 9.08. The second-order valence-electron chi connectivity index (χ2n) is 12.3. The van der Waals surface area contributed by atoms with Crippen molar-refractivity contribution >= 4 is 11.9 Å². The van der Waals surface area contributed by atoms with Crippen molar-refractivity contribution < 1.29 is 24.5 Å². The molecule has 0 bridgehead atoms. The van der Waals surface area contributed by atoms with Gasteiger partial charge in [0.1, 0.15) is 0 Å². The lowest BCUT2D eigenvalue weighted by Gasteiger charge is -2.62. The topological polar surface area (TPSA) is 95.9 Å². The van der Waals surface area contributed by atoms with Crippen molar-refractivity contribution in [3.05, 3.63) is 0 Å². The Labute approximate surface area is 199 Å². The summed E-state index contributed by atoms with van der Waals surface area (Å²) < 4.78 is 4.90. The van der Waals surface area contributed by atoms with Crippen LogP contribution in [0.1, 0.15) is 85.0 Å². The van der Waals surface area contributed by atoms with E-state index in [4.69, 9.17) is 4.74 Å². The van der Waals surface area contributed by atoms with Crippen molar-refractivity contribution in [2.24, 2.45) is 46.3 Å². The number of carbonyl (C=O) groups is 2. The standard InChI is InChI=1S/C27H45NO5/c1-16(5-8-23(31)33-24(32)15-28-4)19-6-7-20-25-21(10-12-27(19,20)3)26(2)11-9-18(29)13-17(26)14-22(25)30/h16-22,25,28-30H,5-15H2,1-4H3/t16-,17?,18+,19-,20+,21+,22+,25+,26+,27-/m1/s1. The molecule has 4 saturated carbocycles. The van der Waals surface area contributed by atoms with E-state index in [2.05, 4.69) is 26.1 Å². The third kappa shape index (κ3) is 4.52. The van der Waals surface area contributed by atoms with E-state index in [0.717, 1.165) is 44.9 Å². The third-order valence-corrected chi connectivity index (χ3v) is 10.8. The molecular weight excluding hydrogens is 418 g/mol. The van der Waals surface area contributed by atoms with E-state index in [1.165, 1.54) is 12.8 Å². The van der Waals surface area contributed by atoms with Crippen LogP contribution in [0.3, 0.4) is 0 Å². The number of rotatable bonds is 6. The molecule has 0 heterocycles. The van der Waals surface area contributed by atoms with E-state index >= 15 is 0 Å². The number of hydrogen-bond acceptors (Lipinski definition) is 6. The molecule has 33 heavy (non-hydrogen) atoms. The first kappa shape index (κ1) is 25.1. The number of aliphatic hydroxyl groups is 2. The second kappa shape index (κ2) is 9.58. The molecule has 10 atom stereocenters. The molecule has 0 aromatic carbocycles. The van der Waals surface area contributed by atoms with Gasteiger partial charge in [-0.2, -0.15) is 0 Å². The highest BCUT2D eigenvalue weighted by atomic mass is 16.6. The highest BCUT2D eigenvalue weighted by Crippen LogP contribution is 2.68. The molecule has 1 unspecified atom stereocenters. The fraction of sp³-hybridized carbons (Fsp3) is 0.926. The Bertz CT molecular complexity index is 742. The van der Waals surface area contributed by atoms with E-state index in [0.29, 0.717) is 35.5 Å². The molecule has 0 aromatic heterocycles. The largest absolute Gasteiger partial charge is 0.393 e. The van der Waals surface area contributed by atoms with Crippen LogP contribution in [0.4, 0.5) is 0 Å². The first-order valence-electron chi connectivity index (χ1n) is 13.3. The molecule has 188 valence electrons. The summed E-state index contributed by atoms with van der Waals surface area (Å²) in [7, 11) is 1.65. The minimum absolute atomic E-state index is 0.0489. The summed E-state index contributed by atoms with van der Waals surface area (Å²) in [6.07, 6.45) is 8.94. The van der Waals surface area contributed by atoms with Gasteiger partial charge in [0.25, 0.3) is 0 Å². The summed E-state index contributed by atoms with van der Waals surface area (Å²) in [6, 6.07) is 0. The maximum absolute atomic E-state index is 12.1. The summed E-state index contributed by atoms with van der Waals surface area (Å²) in [6.45, 7) is 7.20. The van der Waals surface area contributed by atoms with Crippen molar-refractivity contribution in [3.8, 4) is 0 Å². The Hall–Kier alpha value is -0.980. The van der Waals surface area contributed by atoms with Crippen LogP contribution in [-0.4, -0.2) is 48.0 Å². The van der Waals surface area contributed by atoms with Crippen molar-refractivity contribution in [1.82, 2.24) is 5.32 Å². The summed E-state index contributed by atoms with van der Waals surface area (Å²) in [5.41, 5.74) is 0.447. The molecule has 0 saturated heterocycles. The number of esters is 2. The van der Waals surface area contributed by atoms with Gasteiger partial charge in [-0.05, 0) is 111 Å². The van der Waals surface area contributed by atoms with Gasteiger partial charge in [-0.25, -0.2) is 0 Å². The normalized spacial score (nSPS) is 45.5. The first-order valence-corrected chi connectivity index (χ1v) is 13.3. The zero-order valence-electron chi connectivity index (χ0n) is 21.0. The van der Waals surface area contributed by atoms with Crippen LogP contribution in [0.5, 0.6) is 0 Å². The third-order valence-electron chi connectivity index (χ3n) is 10.8. The maximum Gasteiger partial charge on any atom is 0.327 e. The molecule has 6 heteroatoms. The summed E-state index contributed by atoms with van der Waals surface area (Å²) in [4.78, 5) is 23.7. The van der Waals surface area contributed by atoms with Gasteiger partial charge in [0, 0.05) is 6.42 Å². The second-order valence-corrected chi connectivity index (χ2v) is 12.3. The van der Waals surface area contributed by atoms with Crippen LogP contribution in [-0.2, 0) is 14.3 Å². The Morgan fingerprint density at radius 3 is 2.42 bits per heavy atom. The average Bonchev–Trinajstić information content (AvgIpc) is 3.10. The molecule has 0 aromatic rings. The van der Waals surface area contributed by atoms with Gasteiger partial charge in [-0.3, -0.25) is 9.59 Å². The van der Waals surface area contributed by atoms with Gasteiger partial charge >= 0.3 is 11.9 Å². The molecule has 6 nitrogen and oxygen atoms in total. The Morgan fingerprint density at radius 1 is 1.00 bits per heavy atom. The van der Waals surface area contributed by atoms with Crippen LogP contribution in [0, 0.1) is 46.3 Å². The Balaban J connectivity index is 1.42. The summed E-state index contributed by atoms with van der Waals surface area (Å²) in [5, 5.41) is 24.3. The molecule has 4 rings (SSSR count). The van der Waals surface area contributed by atoms with E-state index in [1.807, 2.05) is 0 Å². The van der Waals surface area contributed by atoms with Gasteiger partial charge < -0.3 is 20.3 Å². The smallest absolute Gasteiger partial charge is 0.327 e. The summed E-state index contributed by atoms with van der Waals surface area (Å²) in [5.74, 6) is 1.87. The average molecular weight is 464 g/mol. The molecule has 3 N–H and O–H groups in total. The predicted octanol–water partition coefficient (Wildman–Crippen LogP) is 3.68.